The largest absolute Gasteiger partial charge is 0.355 e. The molecular weight excluding hydrogens is 358 g/mol. The molecule has 0 fully saturated rings. The van der Waals surface area contributed by atoms with Gasteiger partial charge in [-0.25, -0.2) is 0 Å². The summed E-state index contributed by atoms with van der Waals surface area (Å²) in [5.74, 6) is 0.394. The number of amides is 1. The topological polar surface area (TPSA) is 29.1 Å². The van der Waals surface area contributed by atoms with Gasteiger partial charge in [0.05, 0.1) is 5.25 Å². The predicted octanol–water partition coefficient (Wildman–Crippen LogP) is 4.85. The van der Waals surface area contributed by atoms with Crippen molar-refractivity contribution in [1.29, 1.82) is 0 Å². The molecule has 2 unspecified atom stereocenters. The second-order valence-electron chi connectivity index (χ2n) is 5.27. The Morgan fingerprint density at radius 3 is 2.36 bits per heavy atom. The van der Waals surface area contributed by atoms with Gasteiger partial charge in [0.15, 0.2) is 0 Å². The number of thioether (sulfide) groups is 1. The molecule has 0 heterocycles. The Bertz CT molecular complexity index is 600. The highest BCUT2D eigenvalue weighted by atomic mass is 79.9. The summed E-state index contributed by atoms with van der Waals surface area (Å²) in [4.78, 5) is 13.3. The zero-order valence-electron chi connectivity index (χ0n) is 12.8. The van der Waals surface area contributed by atoms with Crippen LogP contribution in [0.25, 0.3) is 0 Å². The highest BCUT2D eigenvalue weighted by molar-refractivity contribution is 9.10. The van der Waals surface area contributed by atoms with Crippen LogP contribution in [0.4, 0.5) is 0 Å². The summed E-state index contributed by atoms with van der Waals surface area (Å²) in [5, 5.41) is 2.94. The average Bonchev–Trinajstić information content (AvgIpc) is 2.55. The van der Waals surface area contributed by atoms with Crippen molar-refractivity contribution in [2.24, 2.45) is 0 Å². The number of hydrogen-bond acceptors (Lipinski definition) is 2. The van der Waals surface area contributed by atoms with Crippen LogP contribution in [0.2, 0.25) is 0 Å². The van der Waals surface area contributed by atoms with E-state index >= 15 is 0 Å². The Morgan fingerprint density at radius 1 is 1.09 bits per heavy atom. The molecule has 0 aliphatic heterocycles. The van der Waals surface area contributed by atoms with Crippen LogP contribution in [0.1, 0.15) is 25.3 Å². The number of hydrogen-bond donors (Lipinski definition) is 1. The number of carbonyl (C=O) groups is 1. The van der Waals surface area contributed by atoms with E-state index in [1.165, 1.54) is 5.56 Å². The van der Waals surface area contributed by atoms with Crippen LogP contribution in [0.15, 0.2) is 64.0 Å². The fourth-order valence-electron chi connectivity index (χ4n) is 2.07. The minimum atomic E-state index is -0.107. The van der Waals surface area contributed by atoms with Crippen molar-refractivity contribution in [3.05, 3.63) is 64.6 Å². The first-order chi connectivity index (χ1) is 10.6. The molecule has 2 aromatic carbocycles. The number of rotatable bonds is 6. The minimum Gasteiger partial charge on any atom is -0.355 e. The van der Waals surface area contributed by atoms with E-state index in [2.05, 4.69) is 40.3 Å². The third-order valence-corrected chi connectivity index (χ3v) is 5.09. The average molecular weight is 378 g/mol. The molecule has 0 spiro atoms. The molecule has 2 atom stereocenters. The van der Waals surface area contributed by atoms with Gasteiger partial charge in [0.2, 0.25) is 5.91 Å². The van der Waals surface area contributed by atoms with Crippen LogP contribution in [-0.2, 0) is 4.79 Å². The molecule has 0 bridgehead atoms. The smallest absolute Gasteiger partial charge is 0.233 e. The van der Waals surface area contributed by atoms with Gasteiger partial charge in [-0.15, -0.1) is 11.8 Å². The standard InChI is InChI=1S/C18H20BrNOS/c1-13(15-6-4-3-5-7-15)12-20-18(21)14(2)22-17-10-8-16(19)9-11-17/h3-11,13-14H,12H2,1-2H3,(H,20,21). The second-order valence-corrected chi connectivity index (χ2v) is 7.60. The molecular formula is C18H20BrNOS. The molecule has 0 aliphatic carbocycles. The first kappa shape index (κ1) is 17.1. The van der Waals surface area contributed by atoms with Crippen molar-refractivity contribution in [3.8, 4) is 0 Å². The summed E-state index contributed by atoms with van der Waals surface area (Å²) in [7, 11) is 0. The lowest BCUT2D eigenvalue weighted by Crippen LogP contribution is -2.33. The van der Waals surface area contributed by atoms with Gasteiger partial charge in [0, 0.05) is 15.9 Å². The molecule has 0 radical (unpaired) electrons. The van der Waals surface area contributed by atoms with Crippen LogP contribution >= 0.6 is 27.7 Å². The third kappa shape index (κ3) is 5.18. The normalized spacial score (nSPS) is 13.4. The van der Waals surface area contributed by atoms with Crippen molar-refractivity contribution in [2.75, 3.05) is 6.54 Å². The zero-order valence-corrected chi connectivity index (χ0v) is 15.2. The Labute approximate surface area is 144 Å². The first-order valence-corrected chi connectivity index (χ1v) is 8.98. The highest BCUT2D eigenvalue weighted by Crippen LogP contribution is 2.25. The fourth-order valence-corrected chi connectivity index (χ4v) is 3.22. The summed E-state index contributed by atoms with van der Waals surface area (Å²) >= 11 is 4.99. The molecule has 2 rings (SSSR count). The van der Waals surface area contributed by atoms with Gasteiger partial charge in [-0.05, 0) is 42.7 Å². The Hall–Kier alpha value is -1.26. The van der Waals surface area contributed by atoms with Crippen LogP contribution in [-0.4, -0.2) is 17.7 Å². The molecule has 2 nitrogen and oxygen atoms in total. The third-order valence-electron chi connectivity index (χ3n) is 3.45. The van der Waals surface area contributed by atoms with Crippen molar-refractivity contribution in [2.45, 2.75) is 29.9 Å². The van der Waals surface area contributed by atoms with Crippen molar-refractivity contribution >= 4 is 33.6 Å². The maximum Gasteiger partial charge on any atom is 0.233 e. The molecule has 0 aromatic heterocycles. The lowest BCUT2D eigenvalue weighted by molar-refractivity contribution is -0.120. The van der Waals surface area contributed by atoms with Gasteiger partial charge < -0.3 is 5.32 Å². The van der Waals surface area contributed by atoms with Gasteiger partial charge in [-0.1, -0.05) is 53.2 Å². The van der Waals surface area contributed by atoms with E-state index in [4.69, 9.17) is 0 Å². The number of halogens is 1. The Balaban J connectivity index is 1.82. The molecule has 1 N–H and O–H groups in total. The molecule has 116 valence electrons. The van der Waals surface area contributed by atoms with Crippen molar-refractivity contribution < 1.29 is 4.79 Å². The summed E-state index contributed by atoms with van der Waals surface area (Å²) in [6.45, 7) is 4.73. The molecule has 0 aliphatic rings. The van der Waals surface area contributed by atoms with Gasteiger partial charge in [0.1, 0.15) is 0 Å². The Kier molecular flexibility index (Phi) is 6.52. The van der Waals surface area contributed by atoms with E-state index in [9.17, 15) is 4.79 Å². The van der Waals surface area contributed by atoms with Crippen LogP contribution in [0.5, 0.6) is 0 Å². The summed E-state index contributed by atoms with van der Waals surface area (Å²) in [5.41, 5.74) is 1.25. The molecule has 1 amide bonds. The quantitative estimate of drug-likeness (QED) is 0.728. The van der Waals surface area contributed by atoms with E-state index in [0.717, 1.165) is 9.37 Å². The maximum absolute atomic E-state index is 12.2. The molecule has 2 aromatic rings. The SMILES string of the molecule is CC(Sc1ccc(Br)cc1)C(=O)NCC(C)c1ccccc1. The molecule has 0 saturated heterocycles. The molecule has 0 saturated carbocycles. The maximum atomic E-state index is 12.2. The number of nitrogens with one attached hydrogen (secondary N) is 1. The highest BCUT2D eigenvalue weighted by Gasteiger charge is 2.15. The van der Waals surface area contributed by atoms with Gasteiger partial charge in [0.25, 0.3) is 0 Å². The number of carbonyl (C=O) groups excluding carboxylic acids is 1. The van der Waals surface area contributed by atoms with Crippen LogP contribution < -0.4 is 5.32 Å². The second kappa shape index (κ2) is 8.39. The molecule has 4 heteroatoms. The fraction of sp³-hybridized carbons (Fsp3) is 0.278. The van der Waals surface area contributed by atoms with Gasteiger partial charge in [-0.2, -0.15) is 0 Å². The monoisotopic (exact) mass is 377 g/mol. The number of benzene rings is 2. The van der Waals surface area contributed by atoms with E-state index < -0.39 is 0 Å². The minimum absolute atomic E-state index is 0.0794. The first-order valence-electron chi connectivity index (χ1n) is 7.31. The van der Waals surface area contributed by atoms with Crippen LogP contribution in [0, 0.1) is 0 Å². The lowest BCUT2D eigenvalue weighted by Gasteiger charge is -2.16. The van der Waals surface area contributed by atoms with Gasteiger partial charge in [-0.3, -0.25) is 4.79 Å². The summed E-state index contributed by atoms with van der Waals surface area (Å²) in [6, 6.07) is 18.3. The van der Waals surface area contributed by atoms with Crippen molar-refractivity contribution in [3.63, 3.8) is 0 Å². The van der Waals surface area contributed by atoms with E-state index in [-0.39, 0.29) is 11.2 Å². The summed E-state index contributed by atoms with van der Waals surface area (Å²) in [6.07, 6.45) is 0. The Morgan fingerprint density at radius 2 is 1.73 bits per heavy atom. The van der Waals surface area contributed by atoms with E-state index in [0.29, 0.717) is 12.5 Å². The van der Waals surface area contributed by atoms with Gasteiger partial charge >= 0.3 is 0 Å². The van der Waals surface area contributed by atoms with Crippen molar-refractivity contribution in [1.82, 2.24) is 5.32 Å². The summed E-state index contributed by atoms with van der Waals surface area (Å²) < 4.78 is 1.05. The molecule has 22 heavy (non-hydrogen) atoms. The van der Waals surface area contributed by atoms with E-state index in [1.54, 1.807) is 11.8 Å². The van der Waals surface area contributed by atoms with E-state index in [1.807, 2.05) is 49.4 Å². The zero-order chi connectivity index (χ0) is 15.9. The predicted molar refractivity (Wildman–Crippen MR) is 97.3 cm³/mol. The lowest BCUT2D eigenvalue weighted by atomic mass is 10.0. The van der Waals surface area contributed by atoms with Crippen LogP contribution in [0.3, 0.4) is 0 Å².